The van der Waals surface area contributed by atoms with Gasteiger partial charge in [-0.3, -0.25) is 0 Å². The molecule has 8 heteroatoms. The number of nitrogens with zero attached hydrogens (tertiary/aromatic N) is 3. The van der Waals surface area contributed by atoms with Crippen LogP contribution in [-0.4, -0.2) is 36.5 Å². The Bertz CT molecular complexity index is 1870. The van der Waals surface area contributed by atoms with E-state index in [1.54, 1.807) is 0 Å². The van der Waals surface area contributed by atoms with Crippen molar-refractivity contribution < 1.29 is 22.6 Å². The van der Waals surface area contributed by atoms with Gasteiger partial charge >= 0.3 is 33.3 Å². The minimum absolute atomic E-state index is 0.194. The number of halogens is 2. The fourth-order valence-electron chi connectivity index (χ4n) is 6.44. The molecule has 0 N–H and O–H groups in total. The second kappa shape index (κ2) is 20.7. The van der Waals surface area contributed by atoms with Crippen LogP contribution in [0.15, 0.2) is 111 Å². The topological polar surface area (TPSA) is 55.5 Å². The number of ether oxygens (including phenoxy) is 2. The summed E-state index contributed by atoms with van der Waals surface area (Å²) in [6, 6.07) is 29.4. The van der Waals surface area contributed by atoms with Crippen molar-refractivity contribution in [3.8, 4) is 0 Å². The van der Waals surface area contributed by atoms with E-state index < -0.39 is 6.10 Å². The number of hydrogen-bond acceptors (Lipinski definition) is 5. The van der Waals surface area contributed by atoms with Crippen molar-refractivity contribution in [2.45, 2.75) is 87.2 Å². The number of aryl methyl sites for hydroxylation is 6. The molecular formula is C44H51Cl2FeN3O2. The van der Waals surface area contributed by atoms with Crippen LogP contribution in [0.25, 0.3) is 0 Å². The molecule has 0 bridgehead atoms. The van der Waals surface area contributed by atoms with Gasteiger partial charge < -0.3 is 9.47 Å². The van der Waals surface area contributed by atoms with Crippen molar-refractivity contribution >= 4 is 48.7 Å². The molecule has 4 aromatic rings. The number of unbranched alkanes of at least 4 members (excludes halogenated alkanes) is 2. The summed E-state index contributed by atoms with van der Waals surface area (Å²) in [5.74, 6) is 0.700. The van der Waals surface area contributed by atoms with Crippen LogP contribution in [0, 0.1) is 41.5 Å². The molecule has 0 spiro atoms. The Balaban J connectivity index is 0.00000195. The third-order valence-electron chi connectivity index (χ3n) is 8.77. The van der Waals surface area contributed by atoms with Crippen LogP contribution >= 0.6 is 20.2 Å². The Morgan fingerprint density at radius 2 is 1.08 bits per heavy atom. The Morgan fingerprint density at radius 1 is 0.654 bits per heavy atom. The van der Waals surface area contributed by atoms with Gasteiger partial charge in [0, 0.05) is 17.7 Å². The SMILES string of the molecule is CCCCOC1=C(C(=Nc2c(C)cc(C)cc2C)c2ccccc2)N=C(C(=Nc2c(C)cc(C)cc2C)c2ccccc2)C1OCCCC.[Cl][Fe][Cl]. The monoisotopic (exact) mass is 779 g/mol. The average Bonchev–Trinajstić information content (AvgIpc) is 3.46. The predicted molar refractivity (Wildman–Crippen MR) is 218 cm³/mol. The van der Waals surface area contributed by atoms with E-state index in [0.29, 0.717) is 24.7 Å². The molecule has 1 atom stereocenters. The number of aliphatic imine (C=N–C) groups is 3. The zero-order valence-electron chi connectivity index (χ0n) is 31.7. The standard InChI is InChI=1S/C44H51N3O2.2ClH.Fe/c1-9-11-23-48-43-41(39(35-19-15-13-16-20-35)45-37-31(5)25-29(3)26-32(37)6)47-42(44(43)49-24-12-10-2)40(36-21-17-14-18-22-36)46-38-33(7)27-30(4)28-34(38)8;;;/h13-22,25-28,43H,9-12,23-24H2,1-8H3;2*1H;/q;;;+2/p-2. The molecule has 5 nitrogen and oxygen atoms in total. The summed E-state index contributed by atoms with van der Waals surface area (Å²) in [7, 11) is 9.53. The van der Waals surface area contributed by atoms with Gasteiger partial charge in [0.25, 0.3) is 0 Å². The van der Waals surface area contributed by atoms with E-state index in [9.17, 15) is 0 Å². The van der Waals surface area contributed by atoms with Gasteiger partial charge in [-0.05, 0) is 76.6 Å². The quantitative estimate of drug-likeness (QED) is 0.0727. The van der Waals surface area contributed by atoms with E-state index >= 15 is 0 Å². The van der Waals surface area contributed by atoms with E-state index in [0.717, 1.165) is 87.6 Å². The van der Waals surface area contributed by atoms with Gasteiger partial charge in [-0.1, -0.05) is 123 Å². The molecule has 1 aliphatic heterocycles. The molecule has 5 rings (SSSR count). The minimum atomic E-state index is -0.544. The van der Waals surface area contributed by atoms with E-state index in [2.05, 4.69) is 116 Å². The molecule has 0 amide bonds. The van der Waals surface area contributed by atoms with E-state index in [1.807, 2.05) is 24.3 Å². The molecule has 276 valence electrons. The van der Waals surface area contributed by atoms with Crippen molar-refractivity contribution in [3.05, 3.63) is 141 Å². The summed E-state index contributed by atoms with van der Waals surface area (Å²) in [6.45, 7) is 18.3. The summed E-state index contributed by atoms with van der Waals surface area (Å²) in [4.78, 5) is 16.4. The second-order valence-electron chi connectivity index (χ2n) is 13.2. The van der Waals surface area contributed by atoms with E-state index in [-0.39, 0.29) is 13.1 Å². The molecule has 52 heavy (non-hydrogen) atoms. The first-order valence-corrected chi connectivity index (χ1v) is 21.0. The molecule has 0 saturated carbocycles. The Hall–Kier alpha value is -3.51. The summed E-state index contributed by atoms with van der Waals surface area (Å²) in [5.41, 5.74) is 13.7. The van der Waals surface area contributed by atoms with Crippen LogP contribution in [0.5, 0.6) is 0 Å². The van der Waals surface area contributed by atoms with Crippen LogP contribution in [0.2, 0.25) is 0 Å². The molecule has 4 aromatic carbocycles. The fourth-order valence-corrected chi connectivity index (χ4v) is 6.44. The van der Waals surface area contributed by atoms with Crippen molar-refractivity contribution in [1.82, 2.24) is 0 Å². The van der Waals surface area contributed by atoms with Crippen molar-refractivity contribution in [2.75, 3.05) is 13.2 Å². The Labute approximate surface area is 325 Å². The van der Waals surface area contributed by atoms with Crippen molar-refractivity contribution in [1.29, 1.82) is 0 Å². The number of benzene rings is 4. The van der Waals surface area contributed by atoms with Gasteiger partial charge in [0.2, 0.25) is 0 Å². The predicted octanol–water partition coefficient (Wildman–Crippen LogP) is 12.5. The first-order chi connectivity index (χ1) is 25.1. The van der Waals surface area contributed by atoms with Crippen LogP contribution in [0.4, 0.5) is 11.4 Å². The number of rotatable bonds is 14. The first kappa shape index (κ1) is 41.2. The molecular weight excluding hydrogens is 729 g/mol. The Kier molecular flexibility index (Phi) is 16.4. The normalized spacial score (nSPS) is 14.7. The van der Waals surface area contributed by atoms with Gasteiger partial charge in [-0.2, -0.15) is 0 Å². The van der Waals surface area contributed by atoms with Crippen LogP contribution in [0.3, 0.4) is 0 Å². The second-order valence-corrected chi connectivity index (χ2v) is 15.0. The average molecular weight is 781 g/mol. The molecule has 1 unspecified atom stereocenters. The zero-order chi connectivity index (χ0) is 37.6. The van der Waals surface area contributed by atoms with Gasteiger partial charge in [-0.25, -0.2) is 15.0 Å². The summed E-state index contributed by atoms with van der Waals surface area (Å²) >= 11 is 0.194. The van der Waals surface area contributed by atoms with E-state index in [1.165, 1.54) is 11.1 Å². The summed E-state index contributed by atoms with van der Waals surface area (Å²) < 4.78 is 13.6. The van der Waals surface area contributed by atoms with Crippen LogP contribution < -0.4 is 0 Å². The third kappa shape index (κ3) is 10.8. The molecule has 0 saturated heterocycles. The van der Waals surface area contributed by atoms with Crippen LogP contribution in [-0.2, 0) is 22.6 Å². The van der Waals surface area contributed by atoms with Gasteiger partial charge in [0.05, 0.1) is 23.7 Å². The molecule has 0 radical (unpaired) electrons. The fraction of sp³-hybridized carbons (Fsp3) is 0.341. The van der Waals surface area contributed by atoms with Gasteiger partial charge in [0.15, 0.2) is 11.9 Å². The molecule has 1 heterocycles. The maximum atomic E-state index is 6.80. The van der Waals surface area contributed by atoms with Crippen molar-refractivity contribution in [3.63, 3.8) is 0 Å². The number of hydrogen-bond donors (Lipinski definition) is 0. The molecule has 0 fully saturated rings. The molecule has 0 aliphatic carbocycles. The molecule has 1 aliphatic rings. The van der Waals surface area contributed by atoms with Crippen LogP contribution in [0.1, 0.15) is 84.0 Å². The first-order valence-electron chi connectivity index (χ1n) is 18.0. The summed E-state index contributed by atoms with van der Waals surface area (Å²) in [6.07, 6.45) is 3.34. The van der Waals surface area contributed by atoms with Gasteiger partial charge in [-0.15, -0.1) is 0 Å². The molecule has 0 aromatic heterocycles. The summed E-state index contributed by atoms with van der Waals surface area (Å²) in [5, 5.41) is 0. The Morgan fingerprint density at radius 3 is 1.54 bits per heavy atom. The maximum absolute atomic E-state index is 6.80. The third-order valence-corrected chi connectivity index (χ3v) is 8.77. The van der Waals surface area contributed by atoms with Gasteiger partial charge in [0.1, 0.15) is 17.1 Å². The van der Waals surface area contributed by atoms with Crippen molar-refractivity contribution in [2.24, 2.45) is 15.0 Å². The zero-order valence-corrected chi connectivity index (χ0v) is 34.3. The number of allylic oxidation sites excluding steroid dienone is 1. The van der Waals surface area contributed by atoms with E-state index in [4.69, 9.17) is 44.6 Å².